The molecule has 0 radical (unpaired) electrons. The third-order valence-electron chi connectivity index (χ3n) is 3.81. The maximum Gasteiger partial charge on any atom is 0.285 e. The number of piperidine rings is 1. The van der Waals surface area contributed by atoms with Crippen molar-refractivity contribution in [1.82, 2.24) is 10.2 Å². The highest BCUT2D eigenvalue weighted by atomic mass is 19.3. The van der Waals surface area contributed by atoms with Crippen molar-refractivity contribution in [1.29, 1.82) is 0 Å². The summed E-state index contributed by atoms with van der Waals surface area (Å²) >= 11 is 0. The lowest BCUT2D eigenvalue weighted by Gasteiger charge is -2.35. The Kier molecular flexibility index (Phi) is 5.49. The molecule has 4 heteroatoms. The maximum absolute atomic E-state index is 14.3. The predicted octanol–water partition coefficient (Wildman–Crippen LogP) is 3.24. The largest absolute Gasteiger partial charge is 0.313 e. The Balaban J connectivity index is 1.91. The van der Waals surface area contributed by atoms with Crippen LogP contribution in [0, 0.1) is 0 Å². The summed E-state index contributed by atoms with van der Waals surface area (Å²) in [7, 11) is 0. The van der Waals surface area contributed by atoms with Gasteiger partial charge in [0, 0.05) is 18.2 Å². The first-order valence-electron chi connectivity index (χ1n) is 7.51. The lowest BCUT2D eigenvalue weighted by molar-refractivity contribution is -0.0440. The van der Waals surface area contributed by atoms with Crippen LogP contribution in [0.25, 0.3) is 0 Å². The second kappa shape index (κ2) is 7.14. The molecular weight excluding hydrogens is 258 g/mol. The van der Waals surface area contributed by atoms with Crippen LogP contribution < -0.4 is 5.32 Å². The summed E-state index contributed by atoms with van der Waals surface area (Å²) in [6.45, 7) is 4.40. The molecule has 1 aliphatic rings. The van der Waals surface area contributed by atoms with Crippen molar-refractivity contribution in [2.24, 2.45) is 0 Å². The summed E-state index contributed by atoms with van der Waals surface area (Å²) in [5.74, 6) is -2.77. The van der Waals surface area contributed by atoms with E-state index in [4.69, 9.17) is 0 Å². The Morgan fingerprint density at radius 3 is 2.75 bits per heavy atom. The Bertz CT molecular complexity index is 395. The van der Waals surface area contributed by atoms with Gasteiger partial charge in [-0.25, -0.2) is 0 Å². The van der Waals surface area contributed by atoms with Crippen molar-refractivity contribution in [3.8, 4) is 0 Å². The molecule has 2 rings (SSSR count). The first-order chi connectivity index (χ1) is 9.62. The SMILES string of the molecule is CCCNC1CCCN(CC(F)(F)c2ccccc2)C1. The lowest BCUT2D eigenvalue weighted by atomic mass is 10.0. The van der Waals surface area contributed by atoms with E-state index < -0.39 is 5.92 Å². The molecule has 1 unspecified atom stereocenters. The third kappa shape index (κ3) is 4.25. The molecule has 0 aromatic heterocycles. The quantitative estimate of drug-likeness (QED) is 0.861. The third-order valence-corrected chi connectivity index (χ3v) is 3.81. The van der Waals surface area contributed by atoms with Gasteiger partial charge in [-0.1, -0.05) is 37.3 Å². The van der Waals surface area contributed by atoms with Gasteiger partial charge < -0.3 is 5.32 Å². The first kappa shape index (κ1) is 15.4. The normalized spacial score (nSPS) is 21.1. The van der Waals surface area contributed by atoms with Gasteiger partial charge in [-0.05, 0) is 32.4 Å². The van der Waals surface area contributed by atoms with Crippen molar-refractivity contribution in [2.75, 3.05) is 26.2 Å². The van der Waals surface area contributed by atoms with Crippen molar-refractivity contribution in [3.63, 3.8) is 0 Å². The van der Waals surface area contributed by atoms with Crippen LogP contribution in [0.15, 0.2) is 30.3 Å². The number of hydrogen-bond donors (Lipinski definition) is 1. The van der Waals surface area contributed by atoms with E-state index in [1.807, 2.05) is 4.90 Å². The van der Waals surface area contributed by atoms with Gasteiger partial charge in [0.25, 0.3) is 5.92 Å². The predicted molar refractivity (Wildman–Crippen MR) is 78.1 cm³/mol. The van der Waals surface area contributed by atoms with E-state index in [0.717, 1.165) is 38.9 Å². The van der Waals surface area contributed by atoms with Gasteiger partial charge in [-0.15, -0.1) is 0 Å². The Morgan fingerprint density at radius 1 is 1.30 bits per heavy atom. The number of benzene rings is 1. The zero-order valence-corrected chi connectivity index (χ0v) is 12.1. The second-order valence-corrected chi connectivity index (χ2v) is 5.60. The molecule has 1 heterocycles. The van der Waals surface area contributed by atoms with Crippen LogP contribution in [0.2, 0.25) is 0 Å². The van der Waals surface area contributed by atoms with Crippen LogP contribution in [0.1, 0.15) is 31.7 Å². The summed E-state index contributed by atoms with van der Waals surface area (Å²) in [6, 6.07) is 8.49. The molecule has 1 N–H and O–H groups in total. The molecule has 0 saturated carbocycles. The molecule has 1 fully saturated rings. The van der Waals surface area contributed by atoms with E-state index in [2.05, 4.69) is 12.2 Å². The van der Waals surface area contributed by atoms with Gasteiger partial charge in [0.1, 0.15) is 0 Å². The molecule has 1 aromatic carbocycles. The smallest absolute Gasteiger partial charge is 0.285 e. The van der Waals surface area contributed by atoms with Crippen LogP contribution >= 0.6 is 0 Å². The topological polar surface area (TPSA) is 15.3 Å². The molecule has 112 valence electrons. The zero-order chi connectivity index (χ0) is 14.4. The maximum atomic E-state index is 14.3. The minimum absolute atomic E-state index is 0.114. The molecule has 1 aromatic rings. The van der Waals surface area contributed by atoms with Crippen molar-refractivity contribution >= 4 is 0 Å². The van der Waals surface area contributed by atoms with E-state index in [9.17, 15) is 8.78 Å². The number of alkyl halides is 2. The fourth-order valence-corrected chi connectivity index (χ4v) is 2.77. The lowest BCUT2D eigenvalue weighted by Crippen LogP contribution is -2.48. The standard InChI is InChI=1S/C16H24F2N2/c1-2-10-19-15-9-6-11-20(12-15)13-16(17,18)14-7-4-3-5-8-14/h3-5,7-8,15,19H,2,6,9-13H2,1H3. The highest BCUT2D eigenvalue weighted by Crippen LogP contribution is 2.29. The minimum atomic E-state index is -2.77. The van der Waals surface area contributed by atoms with Gasteiger partial charge in [0.15, 0.2) is 0 Å². The molecule has 20 heavy (non-hydrogen) atoms. The van der Waals surface area contributed by atoms with Gasteiger partial charge >= 0.3 is 0 Å². The molecule has 0 bridgehead atoms. The summed E-state index contributed by atoms with van der Waals surface area (Å²) in [5, 5.41) is 3.44. The summed E-state index contributed by atoms with van der Waals surface area (Å²) in [5.41, 5.74) is 0.114. The summed E-state index contributed by atoms with van der Waals surface area (Å²) in [4.78, 5) is 1.89. The van der Waals surface area contributed by atoms with Crippen LogP contribution in [0.4, 0.5) is 8.78 Å². The highest BCUT2D eigenvalue weighted by molar-refractivity contribution is 5.20. The average Bonchev–Trinajstić information content (AvgIpc) is 2.46. The van der Waals surface area contributed by atoms with E-state index >= 15 is 0 Å². The van der Waals surface area contributed by atoms with Gasteiger partial charge in [0.05, 0.1) is 6.54 Å². The fraction of sp³-hybridized carbons (Fsp3) is 0.625. The summed E-state index contributed by atoms with van der Waals surface area (Å²) in [6.07, 6.45) is 3.16. The van der Waals surface area contributed by atoms with E-state index in [0.29, 0.717) is 6.04 Å². The Morgan fingerprint density at radius 2 is 2.05 bits per heavy atom. The van der Waals surface area contributed by atoms with Crippen LogP contribution in [0.5, 0.6) is 0 Å². The second-order valence-electron chi connectivity index (χ2n) is 5.60. The number of halogens is 2. The average molecular weight is 282 g/mol. The van der Waals surface area contributed by atoms with E-state index in [1.54, 1.807) is 18.2 Å². The molecule has 1 aliphatic heterocycles. The summed E-state index contributed by atoms with van der Waals surface area (Å²) < 4.78 is 28.5. The first-order valence-corrected chi connectivity index (χ1v) is 7.51. The Labute approximate surface area is 120 Å². The van der Waals surface area contributed by atoms with Crippen LogP contribution in [-0.2, 0) is 5.92 Å². The van der Waals surface area contributed by atoms with Gasteiger partial charge in [-0.2, -0.15) is 8.78 Å². The van der Waals surface area contributed by atoms with E-state index in [1.165, 1.54) is 12.1 Å². The van der Waals surface area contributed by atoms with Gasteiger partial charge in [0.2, 0.25) is 0 Å². The van der Waals surface area contributed by atoms with E-state index in [-0.39, 0.29) is 12.1 Å². The van der Waals surface area contributed by atoms with Crippen molar-refractivity contribution in [3.05, 3.63) is 35.9 Å². The molecule has 0 aliphatic carbocycles. The van der Waals surface area contributed by atoms with Crippen molar-refractivity contribution in [2.45, 2.75) is 38.2 Å². The molecule has 1 atom stereocenters. The number of hydrogen-bond acceptors (Lipinski definition) is 2. The Hall–Kier alpha value is -1.00. The number of nitrogens with zero attached hydrogens (tertiary/aromatic N) is 1. The number of likely N-dealkylation sites (tertiary alicyclic amines) is 1. The van der Waals surface area contributed by atoms with Crippen LogP contribution in [-0.4, -0.2) is 37.1 Å². The highest BCUT2D eigenvalue weighted by Gasteiger charge is 2.35. The molecule has 1 saturated heterocycles. The molecule has 0 spiro atoms. The zero-order valence-electron chi connectivity index (χ0n) is 12.1. The minimum Gasteiger partial charge on any atom is -0.313 e. The fourth-order valence-electron chi connectivity index (χ4n) is 2.77. The van der Waals surface area contributed by atoms with Crippen LogP contribution in [0.3, 0.4) is 0 Å². The molecule has 2 nitrogen and oxygen atoms in total. The monoisotopic (exact) mass is 282 g/mol. The number of rotatable bonds is 6. The molecule has 0 amide bonds. The van der Waals surface area contributed by atoms with Gasteiger partial charge in [-0.3, -0.25) is 4.90 Å². The van der Waals surface area contributed by atoms with Crippen molar-refractivity contribution < 1.29 is 8.78 Å². The number of nitrogens with one attached hydrogen (secondary N) is 1. The molecular formula is C16H24F2N2.